The molecular formula is C32H50O5. The fourth-order valence-electron chi connectivity index (χ4n) is 12.0. The highest BCUT2D eigenvalue weighted by atomic mass is 16.5. The first-order chi connectivity index (χ1) is 17.1. The Labute approximate surface area is 223 Å². The van der Waals surface area contributed by atoms with E-state index < -0.39 is 17.5 Å². The lowest BCUT2D eigenvalue weighted by Crippen LogP contribution is -2.69. The first kappa shape index (κ1) is 27.2. The van der Waals surface area contributed by atoms with E-state index in [-0.39, 0.29) is 51.5 Å². The van der Waals surface area contributed by atoms with Crippen molar-refractivity contribution < 1.29 is 24.5 Å². The number of fused-ring (bicyclic) bond motifs is 7. The molecule has 0 saturated heterocycles. The maximum absolute atomic E-state index is 12.9. The lowest BCUT2D eigenvalue weighted by atomic mass is 9.32. The second kappa shape index (κ2) is 8.32. The molecular weight excluding hydrogens is 464 g/mol. The molecule has 5 fully saturated rings. The van der Waals surface area contributed by atoms with E-state index >= 15 is 0 Å². The van der Waals surface area contributed by atoms with Crippen molar-refractivity contribution in [2.24, 2.45) is 56.7 Å². The van der Waals surface area contributed by atoms with Gasteiger partial charge in [-0.2, -0.15) is 0 Å². The van der Waals surface area contributed by atoms with E-state index in [1.165, 1.54) is 6.92 Å². The summed E-state index contributed by atoms with van der Waals surface area (Å²) in [4.78, 5) is 24.8. The van der Waals surface area contributed by atoms with Crippen molar-refractivity contribution in [3.63, 3.8) is 0 Å². The van der Waals surface area contributed by atoms with Gasteiger partial charge >= 0.3 is 11.9 Å². The molecule has 0 amide bonds. The summed E-state index contributed by atoms with van der Waals surface area (Å²) in [7, 11) is 0. The molecule has 0 heterocycles. The van der Waals surface area contributed by atoms with Gasteiger partial charge in [0.15, 0.2) is 0 Å². The molecule has 0 aromatic carbocycles. The van der Waals surface area contributed by atoms with E-state index in [4.69, 9.17) is 4.74 Å². The van der Waals surface area contributed by atoms with E-state index in [2.05, 4.69) is 48.1 Å². The van der Waals surface area contributed by atoms with Crippen LogP contribution >= 0.6 is 0 Å². The van der Waals surface area contributed by atoms with Gasteiger partial charge in [-0.3, -0.25) is 9.59 Å². The van der Waals surface area contributed by atoms with Crippen LogP contribution in [-0.2, 0) is 14.3 Å². The number of carbonyl (C=O) groups excluding carboxylic acids is 1. The second-order valence-electron chi connectivity index (χ2n) is 15.2. The molecule has 37 heavy (non-hydrogen) atoms. The number of allylic oxidation sites excluding steroid dienone is 1. The topological polar surface area (TPSA) is 83.8 Å². The molecule has 0 unspecified atom stereocenters. The normalized spacial score (nSPS) is 52.2. The summed E-state index contributed by atoms with van der Waals surface area (Å²) in [5.74, 6) is 0.393. The van der Waals surface area contributed by atoms with Gasteiger partial charge in [-0.1, -0.05) is 46.8 Å². The summed E-state index contributed by atoms with van der Waals surface area (Å²) < 4.78 is 5.86. The molecule has 0 aromatic heterocycles. The highest BCUT2D eigenvalue weighted by Crippen LogP contribution is 2.77. The molecule has 11 atom stereocenters. The summed E-state index contributed by atoms with van der Waals surface area (Å²) in [6.07, 6.45) is 7.37. The molecule has 5 nitrogen and oxygen atoms in total. The fraction of sp³-hybridized carbons (Fsp3) is 0.875. The van der Waals surface area contributed by atoms with Crippen LogP contribution in [0.15, 0.2) is 12.2 Å². The number of hydrogen-bond acceptors (Lipinski definition) is 4. The van der Waals surface area contributed by atoms with Crippen LogP contribution in [0.4, 0.5) is 0 Å². The average molecular weight is 515 g/mol. The van der Waals surface area contributed by atoms with Crippen LogP contribution in [0, 0.1) is 56.7 Å². The third-order valence-electron chi connectivity index (χ3n) is 13.8. The van der Waals surface area contributed by atoms with Crippen molar-refractivity contribution in [3.8, 4) is 0 Å². The number of hydrogen-bond donors (Lipinski definition) is 2. The first-order valence-electron chi connectivity index (χ1n) is 14.8. The zero-order chi connectivity index (χ0) is 27.3. The van der Waals surface area contributed by atoms with Crippen LogP contribution in [0.25, 0.3) is 0 Å². The molecule has 5 saturated carbocycles. The van der Waals surface area contributed by atoms with Crippen molar-refractivity contribution in [1.82, 2.24) is 0 Å². The van der Waals surface area contributed by atoms with Crippen molar-refractivity contribution in [2.45, 2.75) is 118 Å². The maximum Gasteiger partial charge on any atom is 0.312 e. The Hall–Kier alpha value is -1.36. The first-order valence-corrected chi connectivity index (χ1v) is 14.8. The Balaban J connectivity index is 1.55. The van der Waals surface area contributed by atoms with Crippen LogP contribution in [0.3, 0.4) is 0 Å². The zero-order valence-electron chi connectivity index (χ0n) is 24.2. The molecule has 0 bridgehead atoms. The Kier molecular flexibility index (Phi) is 6.12. The molecule has 0 aliphatic heterocycles. The van der Waals surface area contributed by atoms with Gasteiger partial charge < -0.3 is 14.9 Å². The number of aliphatic carboxylic acids is 1. The minimum absolute atomic E-state index is 0.0272. The summed E-state index contributed by atoms with van der Waals surface area (Å²) in [5.41, 5.74) is -0.00275. The van der Waals surface area contributed by atoms with Crippen LogP contribution in [0.1, 0.15) is 106 Å². The number of ether oxygens (including phenoxy) is 1. The number of aliphatic hydroxyl groups excluding tert-OH is 1. The molecule has 5 aliphatic carbocycles. The van der Waals surface area contributed by atoms with E-state index in [9.17, 15) is 19.8 Å². The van der Waals surface area contributed by atoms with Crippen molar-refractivity contribution in [2.75, 3.05) is 0 Å². The third kappa shape index (κ3) is 3.31. The number of esters is 1. The largest absolute Gasteiger partial charge is 0.481 e. The SMILES string of the molecule is C=C(C)[C@@H]1CC[C@@]2(C(=O)O)[C@H]1[C@H]1CC[C@@H]3[C@@]4(C)CC[C@H](OC(C)=O)C(C)(C)[C@@H]4CC[C@@]3(C)[C@]1(C)C[C@@H]2O. The Bertz CT molecular complexity index is 1000. The number of carbonyl (C=O) groups is 2. The predicted octanol–water partition coefficient (Wildman–Crippen LogP) is 6.63. The smallest absolute Gasteiger partial charge is 0.312 e. The maximum atomic E-state index is 12.9. The number of rotatable bonds is 3. The van der Waals surface area contributed by atoms with E-state index in [1.54, 1.807) is 0 Å². The molecule has 0 aromatic rings. The monoisotopic (exact) mass is 514 g/mol. The summed E-state index contributed by atoms with van der Waals surface area (Å²) in [6.45, 7) is 19.9. The minimum Gasteiger partial charge on any atom is -0.481 e. The summed E-state index contributed by atoms with van der Waals surface area (Å²) >= 11 is 0. The van der Waals surface area contributed by atoms with Crippen molar-refractivity contribution >= 4 is 11.9 Å². The van der Waals surface area contributed by atoms with Gasteiger partial charge in [0.1, 0.15) is 6.10 Å². The van der Waals surface area contributed by atoms with E-state index in [0.29, 0.717) is 24.7 Å². The summed E-state index contributed by atoms with van der Waals surface area (Å²) in [5, 5.41) is 22.3. The fourth-order valence-corrected chi connectivity index (χ4v) is 12.0. The Morgan fingerprint density at radius 3 is 2.14 bits per heavy atom. The van der Waals surface area contributed by atoms with Crippen molar-refractivity contribution in [3.05, 3.63) is 12.2 Å². The van der Waals surface area contributed by atoms with E-state index in [1.807, 2.05) is 0 Å². The van der Waals surface area contributed by atoms with E-state index in [0.717, 1.165) is 50.5 Å². The van der Waals surface area contributed by atoms with Gasteiger partial charge in [0, 0.05) is 12.3 Å². The lowest BCUT2D eigenvalue weighted by Gasteiger charge is -2.73. The Morgan fingerprint density at radius 1 is 0.865 bits per heavy atom. The Morgan fingerprint density at radius 2 is 1.54 bits per heavy atom. The minimum atomic E-state index is -1.04. The standard InChI is InChI=1S/C32H50O5/c1-18(2)20-11-16-32(27(35)36)24(34)17-31(8)21(26(20)32)9-10-23-29(6)14-13-25(37-19(3)33)28(4,5)22(29)12-15-30(23,31)7/h20-26,34H,1,9-17H2,2-8H3,(H,35,36)/t20-,21+,22-,23+,24-,25-,26+,29-,30+,31+,32-/m0/s1. The number of carboxylic acid groups (broad SMARTS) is 1. The van der Waals surface area contributed by atoms with Gasteiger partial charge in [-0.05, 0) is 111 Å². The molecule has 5 heteroatoms. The highest BCUT2D eigenvalue weighted by Gasteiger charge is 2.74. The average Bonchev–Trinajstić information content (AvgIpc) is 3.19. The van der Waals surface area contributed by atoms with Crippen LogP contribution in [0.2, 0.25) is 0 Å². The van der Waals surface area contributed by atoms with Gasteiger partial charge in [0.25, 0.3) is 0 Å². The van der Waals surface area contributed by atoms with Gasteiger partial charge in [0.05, 0.1) is 11.5 Å². The molecule has 0 spiro atoms. The third-order valence-corrected chi connectivity index (χ3v) is 13.8. The predicted molar refractivity (Wildman–Crippen MR) is 144 cm³/mol. The zero-order valence-corrected chi connectivity index (χ0v) is 24.2. The second-order valence-corrected chi connectivity index (χ2v) is 15.2. The van der Waals surface area contributed by atoms with Crippen LogP contribution in [0.5, 0.6) is 0 Å². The van der Waals surface area contributed by atoms with Gasteiger partial charge in [0.2, 0.25) is 0 Å². The highest BCUT2D eigenvalue weighted by molar-refractivity contribution is 5.77. The molecule has 5 aliphatic rings. The molecule has 0 radical (unpaired) electrons. The molecule has 208 valence electrons. The number of carboxylic acids is 1. The molecule has 2 N–H and O–H groups in total. The van der Waals surface area contributed by atoms with Crippen molar-refractivity contribution in [1.29, 1.82) is 0 Å². The van der Waals surface area contributed by atoms with Crippen LogP contribution < -0.4 is 0 Å². The summed E-state index contributed by atoms with van der Waals surface area (Å²) in [6, 6.07) is 0. The van der Waals surface area contributed by atoms with Gasteiger partial charge in [-0.15, -0.1) is 0 Å². The number of aliphatic hydroxyl groups is 1. The molecule has 5 rings (SSSR count). The van der Waals surface area contributed by atoms with Crippen LogP contribution in [-0.4, -0.2) is 34.4 Å². The lowest BCUT2D eigenvalue weighted by molar-refractivity contribution is -0.264. The quantitative estimate of drug-likeness (QED) is 0.326. The van der Waals surface area contributed by atoms with Gasteiger partial charge in [-0.25, -0.2) is 0 Å².